The number of nitrogens with one attached hydrogen (secondary N) is 2. The molecule has 0 aliphatic carbocycles. The van der Waals surface area contributed by atoms with Crippen molar-refractivity contribution < 1.29 is 9.53 Å². The average molecular weight is 362 g/mol. The van der Waals surface area contributed by atoms with Crippen LogP contribution in [0.15, 0.2) is 60.9 Å². The first kappa shape index (κ1) is 18.4. The highest BCUT2D eigenvalue weighted by atomic mass is 16.5. The molecule has 0 aliphatic rings. The summed E-state index contributed by atoms with van der Waals surface area (Å²) in [4.78, 5) is 20.7. The van der Waals surface area contributed by atoms with Crippen LogP contribution < -0.4 is 15.4 Å². The molecule has 0 fully saturated rings. The first-order valence-corrected chi connectivity index (χ1v) is 8.69. The van der Waals surface area contributed by atoms with Gasteiger partial charge in [-0.1, -0.05) is 26.0 Å². The summed E-state index contributed by atoms with van der Waals surface area (Å²) in [6.45, 7) is 4.31. The Morgan fingerprint density at radius 2 is 1.63 bits per heavy atom. The number of hydrogen-bond donors (Lipinski definition) is 2. The number of carbonyl (C=O) groups is 1. The Labute approximate surface area is 158 Å². The number of methoxy groups -OCH3 is 1. The van der Waals surface area contributed by atoms with Gasteiger partial charge in [-0.3, -0.25) is 4.79 Å². The first-order chi connectivity index (χ1) is 13.0. The lowest BCUT2D eigenvalue weighted by atomic mass is 10.0. The summed E-state index contributed by atoms with van der Waals surface area (Å²) in [5.74, 6) is 1.46. The van der Waals surface area contributed by atoms with Gasteiger partial charge in [0.15, 0.2) is 0 Å². The van der Waals surface area contributed by atoms with E-state index in [0.717, 1.165) is 11.4 Å². The van der Waals surface area contributed by atoms with Gasteiger partial charge in [-0.15, -0.1) is 0 Å². The van der Waals surface area contributed by atoms with E-state index in [2.05, 4.69) is 46.6 Å². The van der Waals surface area contributed by atoms with E-state index in [1.807, 2.05) is 12.1 Å². The summed E-state index contributed by atoms with van der Waals surface area (Å²) in [5, 5.41) is 6.00. The van der Waals surface area contributed by atoms with Crippen molar-refractivity contribution in [3.63, 3.8) is 0 Å². The molecule has 0 saturated heterocycles. The molecule has 0 unspecified atom stereocenters. The zero-order chi connectivity index (χ0) is 19.2. The van der Waals surface area contributed by atoms with Gasteiger partial charge in [-0.2, -0.15) is 0 Å². The smallest absolute Gasteiger partial charge is 0.274 e. The summed E-state index contributed by atoms with van der Waals surface area (Å²) in [6, 6.07) is 16.9. The number of ether oxygens (including phenoxy) is 1. The van der Waals surface area contributed by atoms with Crippen molar-refractivity contribution in [1.29, 1.82) is 0 Å². The van der Waals surface area contributed by atoms with Gasteiger partial charge in [0.2, 0.25) is 0 Å². The number of rotatable bonds is 6. The SMILES string of the molecule is COc1ccc(NC(=O)c2cc(Nc3ccc(C(C)C)cc3)ncn2)cc1. The molecule has 0 radical (unpaired) electrons. The van der Waals surface area contributed by atoms with Gasteiger partial charge in [-0.25, -0.2) is 9.97 Å². The average Bonchev–Trinajstić information content (AvgIpc) is 2.69. The second-order valence-electron chi connectivity index (χ2n) is 6.37. The number of hydrogen-bond acceptors (Lipinski definition) is 5. The summed E-state index contributed by atoms with van der Waals surface area (Å²) in [5.41, 5.74) is 3.11. The zero-order valence-corrected chi connectivity index (χ0v) is 15.6. The van der Waals surface area contributed by atoms with E-state index in [9.17, 15) is 4.79 Å². The van der Waals surface area contributed by atoms with Crippen LogP contribution in [-0.4, -0.2) is 23.0 Å². The molecule has 0 saturated carbocycles. The molecule has 0 spiro atoms. The van der Waals surface area contributed by atoms with Crippen LogP contribution in [-0.2, 0) is 0 Å². The molecule has 0 aliphatic heterocycles. The summed E-state index contributed by atoms with van der Waals surface area (Å²) in [6.07, 6.45) is 1.37. The topological polar surface area (TPSA) is 76.1 Å². The number of carbonyl (C=O) groups excluding carboxylic acids is 1. The molecule has 27 heavy (non-hydrogen) atoms. The monoisotopic (exact) mass is 362 g/mol. The molecule has 1 aromatic heterocycles. The van der Waals surface area contributed by atoms with Crippen molar-refractivity contribution in [1.82, 2.24) is 9.97 Å². The van der Waals surface area contributed by atoms with E-state index in [-0.39, 0.29) is 11.6 Å². The molecule has 2 N–H and O–H groups in total. The quantitative estimate of drug-likeness (QED) is 0.670. The fourth-order valence-electron chi connectivity index (χ4n) is 2.52. The minimum absolute atomic E-state index is 0.280. The fraction of sp³-hybridized carbons (Fsp3) is 0.190. The predicted molar refractivity (Wildman–Crippen MR) is 107 cm³/mol. The largest absolute Gasteiger partial charge is 0.497 e. The lowest BCUT2D eigenvalue weighted by molar-refractivity contribution is 0.102. The minimum Gasteiger partial charge on any atom is -0.497 e. The highest BCUT2D eigenvalue weighted by Gasteiger charge is 2.10. The highest BCUT2D eigenvalue weighted by molar-refractivity contribution is 6.03. The third-order valence-electron chi connectivity index (χ3n) is 4.10. The maximum absolute atomic E-state index is 12.4. The van der Waals surface area contributed by atoms with E-state index in [1.54, 1.807) is 37.4 Å². The van der Waals surface area contributed by atoms with Gasteiger partial charge in [0.1, 0.15) is 23.6 Å². The zero-order valence-electron chi connectivity index (χ0n) is 15.6. The summed E-state index contributed by atoms with van der Waals surface area (Å²) >= 11 is 0. The molecular weight excluding hydrogens is 340 g/mol. The molecule has 1 heterocycles. The normalized spacial score (nSPS) is 10.5. The van der Waals surface area contributed by atoms with Gasteiger partial charge >= 0.3 is 0 Å². The van der Waals surface area contributed by atoms with Gasteiger partial charge in [0.05, 0.1) is 7.11 Å². The second kappa shape index (κ2) is 8.31. The Morgan fingerprint density at radius 1 is 0.963 bits per heavy atom. The predicted octanol–water partition coefficient (Wildman–Crippen LogP) is 4.60. The lowest BCUT2D eigenvalue weighted by Crippen LogP contribution is -2.14. The Morgan fingerprint density at radius 3 is 2.26 bits per heavy atom. The number of nitrogens with zero attached hydrogens (tertiary/aromatic N) is 2. The van der Waals surface area contributed by atoms with Gasteiger partial charge in [0, 0.05) is 17.4 Å². The Hall–Kier alpha value is -3.41. The molecule has 6 heteroatoms. The van der Waals surface area contributed by atoms with Crippen LogP contribution in [0.3, 0.4) is 0 Å². The summed E-state index contributed by atoms with van der Waals surface area (Å²) in [7, 11) is 1.60. The molecule has 1 amide bonds. The number of amides is 1. The lowest BCUT2D eigenvalue weighted by Gasteiger charge is -2.10. The maximum Gasteiger partial charge on any atom is 0.274 e. The molecule has 3 aromatic rings. The Bertz CT molecular complexity index is 906. The van der Waals surface area contributed by atoms with E-state index >= 15 is 0 Å². The Balaban J connectivity index is 1.69. The molecule has 6 nitrogen and oxygen atoms in total. The van der Waals surface area contributed by atoms with Crippen molar-refractivity contribution in [3.05, 3.63) is 72.2 Å². The first-order valence-electron chi connectivity index (χ1n) is 8.69. The van der Waals surface area contributed by atoms with Crippen molar-refractivity contribution in [2.75, 3.05) is 17.7 Å². The van der Waals surface area contributed by atoms with Gasteiger partial charge < -0.3 is 15.4 Å². The molecule has 0 bridgehead atoms. The minimum atomic E-state index is -0.305. The van der Waals surface area contributed by atoms with E-state index in [1.165, 1.54) is 11.9 Å². The van der Waals surface area contributed by atoms with Gasteiger partial charge in [-0.05, 0) is 47.9 Å². The molecular formula is C21H22N4O2. The van der Waals surface area contributed by atoms with E-state index in [0.29, 0.717) is 17.4 Å². The van der Waals surface area contributed by atoms with Crippen LogP contribution in [0.25, 0.3) is 0 Å². The molecule has 138 valence electrons. The second-order valence-corrected chi connectivity index (χ2v) is 6.37. The number of benzene rings is 2. The third-order valence-corrected chi connectivity index (χ3v) is 4.10. The Kier molecular flexibility index (Phi) is 5.66. The van der Waals surface area contributed by atoms with Crippen molar-refractivity contribution >= 4 is 23.1 Å². The molecule has 0 atom stereocenters. The fourth-order valence-corrected chi connectivity index (χ4v) is 2.52. The highest BCUT2D eigenvalue weighted by Crippen LogP contribution is 2.20. The number of aromatic nitrogens is 2. The van der Waals surface area contributed by atoms with E-state index in [4.69, 9.17) is 4.74 Å². The van der Waals surface area contributed by atoms with Crippen LogP contribution in [0.4, 0.5) is 17.2 Å². The molecule has 3 rings (SSSR count). The van der Waals surface area contributed by atoms with Crippen LogP contribution in [0, 0.1) is 0 Å². The van der Waals surface area contributed by atoms with Crippen LogP contribution in [0.5, 0.6) is 5.75 Å². The number of anilines is 3. The van der Waals surface area contributed by atoms with Crippen LogP contribution in [0.1, 0.15) is 35.8 Å². The van der Waals surface area contributed by atoms with E-state index < -0.39 is 0 Å². The van der Waals surface area contributed by atoms with Gasteiger partial charge in [0.25, 0.3) is 5.91 Å². The maximum atomic E-state index is 12.4. The van der Waals surface area contributed by atoms with Crippen LogP contribution >= 0.6 is 0 Å². The third kappa shape index (κ3) is 4.82. The van der Waals surface area contributed by atoms with Crippen molar-refractivity contribution in [2.24, 2.45) is 0 Å². The standard InChI is InChI=1S/C21H22N4O2/c1-14(2)15-4-6-16(7-5-15)24-20-12-19(22-13-23-20)21(26)25-17-8-10-18(27-3)11-9-17/h4-14H,1-3H3,(H,25,26)(H,22,23,24). The van der Waals surface area contributed by atoms with Crippen molar-refractivity contribution in [2.45, 2.75) is 19.8 Å². The molecule has 2 aromatic carbocycles. The van der Waals surface area contributed by atoms with Crippen molar-refractivity contribution in [3.8, 4) is 5.75 Å². The van der Waals surface area contributed by atoms with Crippen LogP contribution in [0.2, 0.25) is 0 Å². The summed E-state index contributed by atoms with van der Waals surface area (Å²) < 4.78 is 5.11.